The first kappa shape index (κ1) is 24.6. The molecule has 3 aliphatic rings. The van der Waals surface area contributed by atoms with Crippen LogP contribution in [0.25, 0.3) is 0 Å². The highest BCUT2D eigenvalue weighted by molar-refractivity contribution is 5.94. The molecular formula is C24H35NO7. The maximum Gasteiger partial charge on any atom is 0.331 e. The van der Waals surface area contributed by atoms with E-state index >= 15 is 0 Å². The second-order valence-corrected chi connectivity index (χ2v) is 9.79. The van der Waals surface area contributed by atoms with Gasteiger partial charge in [0, 0.05) is 12.1 Å². The summed E-state index contributed by atoms with van der Waals surface area (Å²) in [7, 11) is 0. The summed E-state index contributed by atoms with van der Waals surface area (Å²) in [4.78, 5) is 31.3. The van der Waals surface area contributed by atoms with E-state index in [9.17, 15) is 25.1 Å². The summed E-state index contributed by atoms with van der Waals surface area (Å²) in [5.41, 5.74) is 0.855. The Morgan fingerprint density at radius 1 is 1.22 bits per heavy atom. The SMILES string of the molecule is CC1=C[C@H]2[C@H](OO)C(C)=C(C)[C@H]3[C@H](CC(C)C)NC(=O)[C@@]23OC(=O)C=C[C@H](O)[C@H](O)CC1. The highest BCUT2D eigenvalue weighted by atomic mass is 17.1. The van der Waals surface area contributed by atoms with Crippen LogP contribution in [0.2, 0.25) is 0 Å². The van der Waals surface area contributed by atoms with Gasteiger partial charge in [-0.1, -0.05) is 31.1 Å². The molecule has 0 saturated carbocycles. The number of hydrogen-bond acceptors (Lipinski definition) is 7. The van der Waals surface area contributed by atoms with E-state index in [1.54, 1.807) is 6.08 Å². The summed E-state index contributed by atoms with van der Waals surface area (Å²) in [6.45, 7) is 9.72. The van der Waals surface area contributed by atoms with Crippen LogP contribution in [0.3, 0.4) is 0 Å². The Balaban J connectivity index is 2.22. The van der Waals surface area contributed by atoms with Crippen molar-refractivity contribution in [3.8, 4) is 0 Å². The minimum Gasteiger partial charge on any atom is -0.444 e. The Bertz CT molecular complexity index is 845. The Kier molecular flexibility index (Phi) is 7.29. The Morgan fingerprint density at radius 2 is 1.91 bits per heavy atom. The van der Waals surface area contributed by atoms with Gasteiger partial charge in [-0.15, -0.1) is 0 Å². The average Bonchev–Trinajstić information content (AvgIpc) is 2.99. The molecule has 0 aromatic rings. The van der Waals surface area contributed by atoms with E-state index in [1.165, 1.54) is 6.08 Å². The van der Waals surface area contributed by atoms with E-state index in [0.29, 0.717) is 18.8 Å². The van der Waals surface area contributed by atoms with Gasteiger partial charge in [0.2, 0.25) is 5.60 Å². The maximum absolute atomic E-state index is 13.6. The van der Waals surface area contributed by atoms with Crippen LogP contribution in [0.4, 0.5) is 0 Å². The van der Waals surface area contributed by atoms with Gasteiger partial charge in [0.25, 0.3) is 5.91 Å². The van der Waals surface area contributed by atoms with Crippen LogP contribution in [0.5, 0.6) is 0 Å². The molecule has 32 heavy (non-hydrogen) atoms. The molecule has 0 radical (unpaired) electrons. The molecule has 0 bridgehead atoms. The largest absolute Gasteiger partial charge is 0.444 e. The molecule has 1 aliphatic carbocycles. The zero-order valence-corrected chi connectivity index (χ0v) is 19.4. The molecule has 3 rings (SSSR count). The predicted octanol–water partition coefficient (Wildman–Crippen LogP) is 2.27. The molecule has 0 unspecified atom stereocenters. The molecule has 4 N–H and O–H groups in total. The number of esters is 1. The van der Waals surface area contributed by atoms with Crippen LogP contribution in [0, 0.1) is 17.8 Å². The van der Waals surface area contributed by atoms with Crippen molar-refractivity contribution in [3.63, 3.8) is 0 Å². The molecule has 1 saturated heterocycles. The highest BCUT2D eigenvalue weighted by Gasteiger charge is 2.66. The fourth-order valence-electron chi connectivity index (χ4n) is 5.43. The molecule has 8 nitrogen and oxygen atoms in total. The molecule has 0 aromatic heterocycles. The Labute approximate surface area is 188 Å². The second kappa shape index (κ2) is 9.47. The minimum absolute atomic E-state index is 0.245. The number of ether oxygens (including phenoxy) is 1. The van der Waals surface area contributed by atoms with Crippen molar-refractivity contribution in [2.24, 2.45) is 17.8 Å². The van der Waals surface area contributed by atoms with Crippen molar-refractivity contribution < 1.29 is 34.7 Å². The maximum atomic E-state index is 13.6. The first-order valence-corrected chi connectivity index (χ1v) is 11.3. The first-order chi connectivity index (χ1) is 15.0. The summed E-state index contributed by atoms with van der Waals surface area (Å²) in [5, 5.41) is 33.2. The van der Waals surface area contributed by atoms with E-state index in [-0.39, 0.29) is 12.5 Å². The highest BCUT2D eigenvalue weighted by Crippen LogP contribution is 2.52. The third-order valence-corrected chi connectivity index (χ3v) is 7.10. The predicted molar refractivity (Wildman–Crippen MR) is 117 cm³/mol. The van der Waals surface area contributed by atoms with E-state index in [4.69, 9.17) is 9.62 Å². The van der Waals surface area contributed by atoms with Gasteiger partial charge in [0.15, 0.2) is 0 Å². The van der Waals surface area contributed by atoms with Crippen molar-refractivity contribution in [3.05, 3.63) is 34.9 Å². The molecule has 7 atom stereocenters. The summed E-state index contributed by atoms with van der Waals surface area (Å²) < 4.78 is 5.95. The third kappa shape index (κ3) is 4.29. The van der Waals surface area contributed by atoms with E-state index < -0.39 is 47.6 Å². The minimum atomic E-state index is -1.61. The summed E-state index contributed by atoms with van der Waals surface area (Å²) in [5.74, 6) is -2.13. The second-order valence-electron chi connectivity index (χ2n) is 9.79. The van der Waals surface area contributed by atoms with Gasteiger partial charge in [-0.3, -0.25) is 10.1 Å². The Morgan fingerprint density at radius 3 is 2.53 bits per heavy atom. The van der Waals surface area contributed by atoms with E-state index in [2.05, 4.69) is 19.2 Å². The van der Waals surface area contributed by atoms with Crippen LogP contribution in [-0.2, 0) is 19.2 Å². The molecule has 0 aromatic carbocycles. The standard InChI is InChI=1S/C24H35NO7/c1-12(2)10-17-21-14(4)15(5)22(32-30)16-11-13(3)6-7-18(26)19(27)8-9-20(28)31-24(16,21)23(29)25-17/h8-9,11-12,16-19,21-22,26-27,30H,6-7,10H2,1-5H3,(H,25,29)/t16-,17-,18+,19-,21-,22+,24+/m0/s1. The number of aliphatic hydroxyl groups excluding tert-OH is 2. The molecule has 8 heteroatoms. The van der Waals surface area contributed by atoms with Crippen LogP contribution in [0.15, 0.2) is 34.9 Å². The van der Waals surface area contributed by atoms with Crippen molar-refractivity contribution >= 4 is 11.9 Å². The van der Waals surface area contributed by atoms with Crippen molar-refractivity contribution in [2.75, 3.05) is 0 Å². The smallest absolute Gasteiger partial charge is 0.331 e. The number of amides is 1. The number of aliphatic hydroxyl groups is 2. The molecule has 1 fully saturated rings. The quantitative estimate of drug-likeness (QED) is 0.225. The van der Waals surface area contributed by atoms with Crippen molar-refractivity contribution in [2.45, 2.75) is 83.8 Å². The van der Waals surface area contributed by atoms with Gasteiger partial charge in [-0.25, -0.2) is 9.68 Å². The number of nitrogens with one attached hydrogen (secondary N) is 1. The monoisotopic (exact) mass is 449 g/mol. The average molecular weight is 450 g/mol. The fourth-order valence-corrected chi connectivity index (χ4v) is 5.43. The van der Waals surface area contributed by atoms with Crippen molar-refractivity contribution in [1.29, 1.82) is 0 Å². The van der Waals surface area contributed by atoms with Gasteiger partial charge in [-0.2, -0.15) is 0 Å². The molecule has 2 heterocycles. The first-order valence-electron chi connectivity index (χ1n) is 11.3. The van der Waals surface area contributed by atoms with Gasteiger partial charge in [-0.05, 0) is 57.6 Å². The summed E-state index contributed by atoms with van der Waals surface area (Å²) in [6, 6.07) is -0.245. The zero-order valence-electron chi connectivity index (χ0n) is 19.4. The molecular weight excluding hydrogens is 414 g/mol. The topological polar surface area (TPSA) is 125 Å². The van der Waals surface area contributed by atoms with E-state index in [1.807, 2.05) is 20.8 Å². The molecule has 2 aliphatic heterocycles. The van der Waals surface area contributed by atoms with Gasteiger partial charge in [0.05, 0.1) is 24.0 Å². The summed E-state index contributed by atoms with van der Waals surface area (Å²) >= 11 is 0. The number of hydrogen-bond donors (Lipinski definition) is 4. The van der Waals surface area contributed by atoms with Crippen LogP contribution < -0.4 is 5.32 Å². The van der Waals surface area contributed by atoms with Gasteiger partial charge >= 0.3 is 5.97 Å². The number of carbonyl (C=O) groups excluding carboxylic acids is 2. The number of allylic oxidation sites excluding steroid dienone is 1. The lowest BCUT2D eigenvalue weighted by Gasteiger charge is -2.46. The van der Waals surface area contributed by atoms with Crippen LogP contribution in [-0.4, -0.2) is 57.3 Å². The van der Waals surface area contributed by atoms with Crippen LogP contribution >= 0.6 is 0 Å². The Hall–Kier alpha value is -2.00. The lowest BCUT2D eigenvalue weighted by molar-refractivity contribution is -0.290. The molecule has 1 spiro atoms. The van der Waals surface area contributed by atoms with Gasteiger partial charge < -0.3 is 20.3 Å². The molecule has 178 valence electrons. The van der Waals surface area contributed by atoms with Crippen molar-refractivity contribution in [1.82, 2.24) is 5.32 Å². The van der Waals surface area contributed by atoms with Crippen LogP contribution in [0.1, 0.15) is 53.9 Å². The lowest BCUT2D eigenvalue weighted by Crippen LogP contribution is -2.59. The van der Waals surface area contributed by atoms with Gasteiger partial charge in [0.1, 0.15) is 6.10 Å². The summed E-state index contributed by atoms with van der Waals surface area (Å²) in [6.07, 6.45) is 2.31. The normalized spacial score (nSPS) is 38.3. The molecule has 1 amide bonds. The fraction of sp³-hybridized carbons (Fsp3) is 0.667. The zero-order chi connectivity index (χ0) is 23.8. The number of carbonyl (C=O) groups is 2. The third-order valence-electron chi connectivity index (χ3n) is 7.10. The van der Waals surface area contributed by atoms with E-state index in [0.717, 1.165) is 22.8 Å². The number of rotatable bonds is 3. The lowest BCUT2D eigenvalue weighted by atomic mass is 9.63.